The van der Waals surface area contributed by atoms with Gasteiger partial charge in [-0.15, -0.1) is 22.7 Å². The van der Waals surface area contributed by atoms with E-state index in [-0.39, 0.29) is 55.7 Å². The highest BCUT2D eigenvalue weighted by Crippen LogP contribution is 2.66. The van der Waals surface area contributed by atoms with Gasteiger partial charge in [0, 0.05) is 56.1 Å². The van der Waals surface area contributed by atoms with E-state index in [1.807, 2.05) is 46.3 Å². The third-order valence-corrected chi connectivity index (χ3v) is 19.2. The summed E-state index contributed by atoms with van der Waals surface area (Å²) in [6.45, 7) is 10.3. The van der Waals surface area contributed by atoms with Crippen LogP contribution >= 0.6 is 22.7 Å². The lowest BCUT2D eigenvalue weighted by molar-refractivity contribution is -0.132. The van der Waals surface area contributed by atoms with E-state index < -0.39 is 0 Å². The molecular formula is C56H78N4O7S2. The SMILES string of the molecule is C.C.CO[C@H]1C[C@@H](CCC(=O)Nc2ncc(C)s2)C2C3CCc4cc(O)ccc4C3CC[C@@]21C.CO[C@H]1C[C@@H](CCC(=O)Nc2ncc(C)s2)C2C3CCc4cc(OC(C)=O)ccc4C3CC[C@@]21C. The van der Waals surface area contributed by atoms with Gasteiger partial charge >= 0.3 is 5.97 Å². The van der Waals surface area contributed by atoms with Gasteiger partial charge in [0.05, 0.1) is 12.2 Å². The number of phenolic OH excluding ortho intramolecular Hbond substituents is 1. The van der Waals surface area contributed by atoms with Gasteiger partial charge in [0.2, 0.25) is 11.8 Å². The molecule has 6 aliphatic rings. The van der Waals surface area contributed by atoms with Crippen LogP contribution < -0.4 is 15.4 Å². The summed E-state index contributed by atoms with van der Waals surface area (Å²) in [6, 6.07) is 12.2. The number of esters is 1. The van der Waals surface area contributed by atoms with Crippen LogP contribution in [0.2, 0.25) is 0 Å². The predicted molar refractivity (Wildman–Crippen MR) is 277 cm³/mol. The summed E-state index contributed by atoms with van der Waals surface area (Å²) in [6.07, 6.45) is 18.0. The quantitative estimate of drug-likeness (QED) is 0.0986. The second-order valence-corrected chi connectivity index (χ2v) is 23.7. The van der Waals surface area contributed by atoms with Crippen LogP contribution in [-0.4, -0.2) is 59.3 Å². The summed E-state index contributed by atoms with van der Waals surface area (Å²) in [7, 11) is 3.71. The van der Waals surface area contributed by atoms with Crippen molar-refractivity contribution in [1.82, 2.24) is 9.97 Å². The average molecular weight is 983 g/mol. The number of nitrogens with one attached hydrogen (secondary N) is 2. The number of fused-ring (bicyclic) bond motifs is 10. The molecule has 3 N–H and O–H groups in total. The number of rotatable bonds is 11. The summed E-state index contributed by atoms with van der Waals surface area (Å²) in [5.74, 6) is 5.26. The zero-order valence-corrected chi connectivity index (χ0v) is 42.0. The van der Waals surface area contributed by atoms with Gasteiger partial charge in [0.15, 0.2) is 10.3 Å². The van der Waals surface area contributed by atoms with Crippen LogP contribution in [0.5, 0.6) is 11.5 Å². The maximum absolute atomic E-state index is 12.7. The van der Waals surface area contributed by atoms with Crippen molar-refractivity contribution in [2.45, 2.75) is 163 Å². The lowest BCUT2D eigenvalue weighted by Gasteiger charge is -2.52. The van der Waals surface area contributed by atoms with E-state index in [0.29, 0.717) is 81.9 Å². The van der Waals surface area contributed by atoms with Crippen LogP contribution in [0.15, 0.2) is 48.8 Å². The molecule has 10 rings (SSSR count). The second-order valence-electron chi connectivity index (χ2n) is 21.3. The molecule has 69 heavy (non-hydrogen) atoms. The topological polar surface area (TPSA) is 149 Å². The van der Waals surface area contributed by atoms with Gasteiger partial charge in [-0.2, -0.15) is 0 Å². The highest BCUT2D eigenvalue weighted by atomic mass is 32.1. The number of aromatic nitrogens is 2. The van der Waals surface area contributed by atoms with Gasteiger partial charge in [-0.1, -0.05) is 40.8 Å². The largest absolute Gasteiger partial charge is 0.508 e. The lowest BCUT2D eigenvalue weighted by Crippen LogP contribution is -2.45. The first-order chi connectivity index (χ1) is 32.2. The zero-order chi connectivity index (χ0) is 47.2. The Morgan fingerprint density at radius 2 is 1.17 bits per heavy atom. The van der Waals surface area contributed by atoms with Gasteiger partial charge in [0.1, 0.15) is 11.5 Å². The number of ether oxygens (including phenoxy) is 3. The fourth-order valence-corrected chi connectivity index (χ4v) is 16.3. The smallest absolute Gasteiger partial charge is 0.308 e. The molecule has 6 aliphatic carbocycles. The molecule has 12 atom stereocenters. The van der Waals surface area contributed by atoms with E-state index in [1.165, 1.54) is 71.1 Å². The van der Waals surface area contributed by atoms with E-state index in [0.717, 1.165) is 67.5 Å². The Kier molecular flexibility index (Phi) is 16.5. The van der Waals surface area contributed by atoms with E-state index in [2.05, 4.69) is 52.6 Å². The van der Waals surface area contributed by atoms with Crippen molar-refractivity contribution in [1.29, 1.82) is 0 Å². The predicted octanol–water partition coefficient (Wildman–Crippen LogP) is 12.8. The van der Waals surface area contributed by atoms with Gasteiger partial charge in [-0.25, -0.2) is 9.97 Å². The van der Waals surface area contributed by atoms with Crippen LogP contribution in [0, 0.1) is 60.2 Å². The summed E-state index contributed by atoms with van der Waals surface area (Å²) >= 11 is 3.04. The molecule has 4 aromatic rings. The first-order valence-corrected chi connectivity index (χ1v) is 26.4. The summed E-state index contributed by atoms with van der Waals surface area (Å²) in [5, 5.41) is 17.3. The number of hydrogen-bond acceptors (Lipinski definition) is 11. The maximum atomic E-state index is 12.7. The van der Waals surface area contributed by atoms with Gasteiger partial charge in [-0.05, 0) is 196 Å². The Morgan fingerprint density at radius 3 is 1.61 bits per heavy atom. The molecule has 4 fully saturated rings. The number of nitrogens with zero attached hydrogens (tertiary/aromatic N) is 2. The molecule has 11 nitrogen and oxygen atoms in total. The van der Waals surface area contributed by atoms with E-state index in [1.54, 1.807) is 12.4 Å². The summed E-state index contributed by atoms with van der Waals surface area (Å²) in [5.41, 5.74) is 5.85. The molecule has 2 heterocycles. The number of amides is 2. The highest BCUT2D eigenvalue weighted by Gasteiger charge is 2.60. The number of carbonyl (C=O) groups is 3. The number of hydrogen-bond donors (Lipinski definition) is 3. The number of methoxy groups -OCH3 is 2. The Labute approximate surface area is 419 Å². The molecule has 13 heteroatoms. The first-order valence-electron chi connectivity index (χ1n) is 24.8. The number of aryl methyl sites for hydroxylation is 4. The molecule has 4 saturated carbocycles. The molecule has 0 spiro atoms. The number of benzene rings is 2. The Bertz CT molecular complexity index is 2450. The fourth-order valence-electron chi connectivity index (χ4n) is 15.0. The molecule has 0 aliphatic heterocycles. The molecule has 0 radical (unpaired) electrons. The Morgan fingerprint density at radius 1 is 0.710 bits per heavy atom. The van der Waals surface area contributed by atoms with Crippen molar-refractivity contribution < 1.29 is 33.7 Å². The van der Waals surface area contributed by atoms with Crippen molar-refractivity contribution in [3.63, 3.8) is 0 Å². The van der Waals surface area contributed by atoms with Crippen LogP contribution in [0.1, 0.15) is 157 Å². The molecule has 376 valence electrons. The Balaban J connectivity index is 0.000000199. The average Bonchev–Trinajstić information content (AvgIpc) is 4.06. The van der Waals surface area contributed by atoms with Gasteiger partial charge < -0.3 is 30.0 Å². The van der Waals surface area contributed by atoms with Gasteiger partial charge in [0.25, 0.3) is 0 Å². The van der Waals surface area contributed by atoms with Crippen molar-refractivity contribution in [3.05, 3.63) is 80.8 Å². The lowest BCUT2D eigenvalue weighted by atomic mass is 9.53. The fraction of sp³-hybridized carbons (Fsp3) is 0.625. The molecule has 2 aromatic carbocycles. The standard InChI is InChI=1S/C28H36N2O4S.C26H34N2O3S.2CH4/c1-16-15-29-27(35-16)30-25(32)10-6-19-14-24(33-4)28(3)12-11-22-21-9-7-20(34-17(2)31)13-18(21)5-8-23(22)26(19)28;1-15-14-27-25(32-15)28-23(30)9-5-17-13-22(31-3)26(2)11-10-20-19-8-6-18(29)12-16(19)4-7-21(20)24(17)26;;/h7,9,13,15,19,22-24,26H,5-6,8,10-12,14H2,1-4H3,(H,29,30,32);6,8,12,14,17,20-22,24,29H,4-5,7,9-11,13H2,1-3H3,(H,27,28,30);2*1H4/t19-,22?,23?,24+,26?,28-;17-,20?,21?,22+,24?,26-;;/m11../s1. The maximum Gasteiger partial charge on any atom is 0.308 e. The highest BCUT2D eigenvalue weighted by molar-refractivity contribution is 7.16. The minimum absolute atomic E-state index is 0. The van der Waals surface area contributed by atoms with Gasteiger partial charge in [-0.3, -0.25) is 14.4 Å². The van der Waals surface area contributed by atoms with Crippen LogP contribution in [0.25, 0.3) is 0 Å². The number of thiazole rings is 2. The van der Waals surface area contributed by atoms with E-state index in [9.17, 15) is 19.5 Å². The minimum atomic E-state index is -0.277. The first kappa shape index (κ1) is 52.6. The summed E-state index contributed by atoms with van der Waals surface area (Å²) < 4.78 is 17.5. The van der Waals surface area contributed by atoms with Crippen LogP contribution in [0.4, 0.5) is 10.3 Å². The molecule has 0 saturated heterocycles. The summed E-state index contributed by atoms with van der Waals surface area (Å²) in [4.78, 5) is 47.5. The van der Waals surface area contributed by atoms with Crippen molar-refractivity contribution in [3.8, 4) is 11.5 Å². The molecule has 0 bridgehead atoms. The molecule has 2 amide bonds. The van der Waals surface area contributed by atoms with Crippen molar-refractivity contribution >= 4 is 50.7 Å². The van der Waals surface area contributed by atoms with Crippen molar-refractivity contribution in [2.75, 3.05) is 24.9 Å². The van der Waals surface area contributed by atoms with E-state index in [4.69, 9.17) is 14.2 Å². The number of phenols is 1. The molecule has 6 unspecified atom stereocenters. The Hall–Kier alpha value is -4.17. The normalized spacial score (nSPS) is 31.3. The van der Waals surface area contributed by atoms with E-state index >= 15 is 0 Å². The van der Waals surface area contributed by atoms with Crippen LogP contribution in [0.3, 0.4) is 0 Å². The third kappa shape index (κ3) is 10.6. The minimum Gasteiger partial charge on any atom is -0.508 e. The number of aromatic hydroxyl groups is 1. The second kappa shape index (κ2) is 21.7. The number of carbonyl (C=O) groups excluding carboxylic acids is 3. The zero-order valence-electron chi connectivity index (χ0n) is 40.4. The molecule has 2 aromatic heterocycles. The third-order valence-electron chi connectivity index (χ3n) is 17.6. The monoisotopic (exact) mass is 983 g/mol. The van der Waals surface area contributed by atoms with Crippen molar-refractivity contribution in [2.24, 2.45) is 46.3 Å². The number of anilines is 2. The van der Waals surface area contributed by atoms with Crippen LogP contribution in [-0.2, 0) is 36.7 Å². The molecular weight excluding hydrogens is 905 g/mol.